The van der Waals surface area contributed by atoms with Crippen LogP contribution in [0.25, 0.3) is 0 Å². The Morgan fingerprint density at radius 1 is 1.06 bits per heavy atom. The first-order valence-electron chi connectivity index (χ1n) is 11.0. The van der Waals surface area contributed by atoms with Gasteiger partial charge in [-0.2, -0.15) is 0 Å². The smallest absolute Gasteiger partial charge is 0.312 e. The second-order valence-corrected chi connectivity index (χ2v) is 8.77. The number of methoxy groups -OCH3 is 1. The average Bonchev–Trinajstić information content (AvgIpc) is 3.26. The molecule has 9 nitrogen and oxygen atoms in total. The Morgan fingerprint density at radius 3 is 2.55 bits per heavy atom. The number of hydrogen-bond acceptors (Lipinski definition) is 9. The van der Waals surface area contributed by atoms with Crippen LogP contribution in [0.3, 0.4) is 0 Å². The second kappa shape index (κ2) is 8.11. The number of carbonyl (C=O) groups is 3. The highest BCUT2D eigenvalue weighted by Crippen LogP contribution is 2.57. The Bertz CT molecular complexity index is 991. The Hall–Kier alpha value is -2.43. The zero-order valence-electron chi connectivity index (χ0n) is 18.5. The normalized spacial score (nSPS) is 39.9. The van der Waals surface area contributed by atoms with Gasteiger partial charge in [-0.3, -0.25) is 14.4 Å². The molecule has 9 heteroatoms. The van der Waals surface area contributed by atoms with Crippen LogP contribution < -0.4 is 0 Å². The quantitative estimate of drug-likeness (QED) is 0.588. The maximum Gasteiger partial charge on any atom is 0.312 e. The SMILES string of the molecule is CO[C@]12CC(=O)O[C@]13C(=O)C=CC(=O)[C@]3(O[C@H]1CC[C@H](OCc3ccccc3)[C@H](C)O1)CO2. The molecule has 0 bridgehead atoms. The maximum absolute atomic E-state index is 13.2. The first-order valence-corrected chi connectivity index (χ1v) is 11.0. The summed E-state index contributed by atoms with van der Waals surface area (Å²) >= 11 is 0. The highest BCUT2D eigenvalue weighted by atomic mass is 16.8. The van der Waals surface area contributed by atoms with Gasteiger partial charge in [0.2, 0.25) is 17.2 Å². The Labute approximate surface area is 190 Å². The number of rotatable bonds is 6. The molecule has 33 heavy (non-hydrogen) atoms. The molecule has 0 N–H and O–H groups in total. The van der Waals surface area contributed by atoms with E-state index in [1.54, 1.807) is 0 Å². The van der Waals surface area contributed by atoms with Gasteiger partial charge in [0, 0.05) is 13.5 Å². The van der Waals surface area contributed by atoms with E-state index < -0.39 is 40.8 Å². The predicted octanol–water partition coefficient (Wildman–Crippen LogP) is 1.62. The molecule has 1 aromatic carbocycles. The molecule has 3 fully saturated rings. The van der Waals surface area contributed by atoms with E-state index in [2.05, 4.69) is 0 Å². The summed E-state index contributed by atoms with van der Waals surface area (Å²) < 4.78 is 35.1. The number of ether oxygens (including phenoxy) is 6. The van der Waals surface area contributed by atoms with E-state index in [1.807, 2.05) is 37.3 Å². The third kappa shape index (κ3) is 3.22. The molecule has 6 atom stereocenters. The topological polar surface area (TPSA) is 107 Å². The van der Waals surface area contributed by atoms with E-state index in [1.165, 1.54) is 7.11 Å². The van der Waals surface area contributed by atoms with Crippen LogP contribution in [-0.4, -0.2) is 66.7 Å². The summed E-state index contributed by atoms with van der Waals surface area (Å²) in [4.78, 5) is 38.5. The molecule has 1 aromatic rings. The fraction of sp³-hybridized carbons (Fsp3) is 0.542. The lowest BCUT2D eigenvalue weighted by atomic mass is 9.70. The van der Waals surface area contributed by atoms with Crippen molar-refractivity contribution in [3.63, 3.8) is 0 Å². The number of esters is 1. The fourth-order valence-corrected chi connectivity index (χ4v) is 5.23. The number of ketones is 2. The zero-order chi connectivity index (χ0) is 23.3. The van der Waals surface area contributed by atoms with Gasteiger partial charge in [0.05, 0.1) is 25.4 Å². The molecule has 0 aromatic heterocycles. The lowest BCUT2D eigenvalue weighted by molar-refractivity contribution is -0.289. The van der Waals surface area contributed by atoms with Crippen molar-refractivity contribution in [2.24, 2.45) is 0 Å². The van der Waals surface area contributed by atoms with Crippen molar-refractivity contribution >= 4 is 17.5 Å². The van der Waals surface area contributed by atoms with E-state index in [0.29, 0.717) is 19.4 Å². The van der Waals surface area contributed by atoms with Crippen molar-refractivity contribution < 1.29 is 42.8 Å². The number of carbonyl (C=O) groups excluding carboxylic acids is 3. The molecular weight excluding hydrogens is 432 g/mol. The summed E-state index contributed by atoms with van der Waals surface area (Å²) in [5.41, 5.74) is -2.88. The standard InChI is InChI=1S/C24H26O9/c1-15-17(29-13-16-6-4-3-5-7-16)8-11-21(31-15)33-22-14-30-23(28-2)12-20(27)32-24(22,23)19(26)10-9-18(22)25/h3-7,9-10,15,17,21H,8,11-14H2,1-2H3/t15-,17-,21-,22+,23-,24-/m0/s1. The first-order chi connectivity index (χ1) is 15.9. The monoisotopic (exact) mass is 458 g/mol. The minimum atomic E-state index is -2.05. The lowest BCUT2D eigenvalue weighted by Gasteiger charge is -2.45. The predicted molar refractivity (Wildman–Crippen MR) is 111 cm³/mol. The van der Waals surface area contributed by atoms with Gasteiger partial charge in [-0.05, 0) is 31.1 Å². The molecule has 1 spiro atoms. The molecular formula is C24H26O9. The summed E-state index contributed by atoms with van der Waals surface area (Å²) in [7, 11) is 1.31. The minimum Gasteiger partial charge on any atom is -0.441 e. The minimum absolute atomic E-state index is 0.165. The molecule has 4 aliphatic rings. The molecule has 0 unspecified atom stereocenters. The Morgan fingerprint density at radius 2 is 1.82 bits per heavy atom. The van der Waals surface area contributed by atoms with Gasteiger partial charge in [-0.25, -0.2) is 0 Å². The molecule has 0 saturated carbocycles. The van der Waals surface area contributed by atoms with Crippen LogP contribution in [0.4, 0.5) is 0 Å². The van der Waals surface area contributed by atoms with Crippen molar-refractivity contribution in [1.82, 2.24) is 0 Å². The Kier molecular flexibility index (Phi) is 5.49. The van der Waals surface area contributed by atoms with Gasteiger partial charge in [0.1, 0.15) is 6.42 Å². The number of benzene rings is 1. The summed E-state index contributed by atoms with van der Waals surface area (Å²) in [5, 5.41) is 0. The van der Waals surface area contributed by atoms with Crippen molar-refractivity contribution in [1.29, 1.82) is 0 Å². The molecule has 3 saturated heterocycles. The largest absolute Gasteiger partial charge is 0.441 e. The summed E-state index contributed by atoms with van der Waals surface area (Å²) in [6.45, 7) is 2.02. The van der Waals surface area contributed by atoms with Gasteiger partial charge in [-0.1, -0.05) is 30.3 Å². The van der Waals surface area contributed by atoms with Gasteiger partial charge in [0.15, 0.2) is 12.1 Å². The highest BCUT2D eigenvalue weighted by molar-refractivity contribution is 6.17. The van der Waals surface area contributed by atoms with Crippen molar-refractivity contribution in [3.8, 4) is 0 Å². The van der Waals surface area contributed by atoms with Crippen molar-refractivity contribution in [2.75, 3.05) is 13.7 Å². The average molecular weight is 458 g/mol. The second-order valence-electron chi connectivity index (χ2n) is 8.77. The van der Waals surface area contributed by atoms with Crippen LogP contribution in [0.1, 0.15) is 31.7 Å². The van der Waals surface area contributed by atoms with E-state index in [0.717, 1.165) is 17.7 Å². The lowest BCUT2D eigenvalue weighted by Crippen LogP contribution is -2.72. The molecule has 5 rings (SSSR count). The van der Waals surface area contributed by atoms with Gasteiger partial charge < -0.3 is 28.4 Å². The Balaban J connectivity index is 1.34. The van der Waals surface area contributed by atoms with E-state index in [4.69, 9.17) is 28.4 Å². The molecule has 3 aliphatic heterocycles. The van der Waals surface area contributed by atoms with Crippen LogP contribution >= 0.6 is 0 Å². The molecule has 176 valence electrons. The summed E-state index contributed by atoms with van der Waals surface area (Å²) in [5.74, 6) is -3.58. The van der Waals surface area contributed by atoms with Crippen molar-refractivity contribution in [2.45, 2.75) is 68.3 Å². The van der Waals surface area contributed by atoms with Gasteiger partial charge in [-0.15, -0.1) is 0 Å². The third-order valence-corrected chi connectivity index (χ3v) is 6.93. The van der Waals surface area contributed by atoms with Crippen molar-refractivity contribution in [3.05, 3.63) is 48.0 Å². The summed E-state index contributed by atoms with van der Waals surface area (Å²) in [6, 6.07) is 9.83. The van der Waals surface area contributed by atoms with Crippen LogP contribution in [0, 0.1) is 0 Å². The maximum atomic E-state index is 13.2. The van der Waals surface area contributed by atoms with Crippen LogP contribution in [0.5, 0.6) is 0 Å². The summed E-state index contributed by atoms with van der Waals surface area (Å²) in [6.07, 6.45) is 1.62. The van der Waals surface area contributed by atoms with Gasteiger partial charge >= 0.3 is 5.97 Å². The third-order valence-electron chi connectivity index (χ3n) is 6.93. The molecule has 3 heterocycles. The number of hydrogen-bond donors (Lipinski definition) is 0. The van der Waals surface area contributed by atoms with E-state index in [-0.39, 0.29) is 25.2 Å². The first kappa shape index (κ1) is 22.4. The van der Waals surface area contributed by atoms with E-state index in [9.17, 15) is 14.4 Å². The van der Waals surface area contributed by atoms with Crippen LogP contribution in [0.15, 0.2) is 42.5 Å². The molecule has 0 amide bonds. The molecule has 0 radical (unpaired) electrons. The van der Waals surface area contributed by atoms with Crippen LogP contribution in [-0.2, 0) is 49.4 Å². The van der Waals surface area contributed by atoms with Crippen LogP contribution in [0.2, 0.25) is 0 Å². The van der Waals surface area contributed by atoms with Gasteiger partial charge in [0.25, 0.3) is 5.60 Å². The van der Waals surface area contributed by atoms with E-state index >= 15 is 0 Å². The molecule has 1 aliphatic carbocycles. The zero-order valence-corrected chi connectivity index (χ0v) is 18.5. The highest BCUT2D eigenvalue weighted by Gasteiger charge is 2.84. The fourth-order valence-electron chi connectivity index (χ4n) is 5.23.